The molecule has 0 unspecified atom stereocenters. The fourth-order valence-electron chi connectivity index (χ4n) is 1.84. The number of rotatable bonds is 2. The number of nitrogens with one attached hydrogen (secondary N) is 1. The first-order valence-electron chi connectivity index (χ1n) is 5.62. The summed E-state index contributed by atoms with van der Waals surface area (Å²) in [5, 5.41) is 1.25. The number of aromatic nitrogens is 4. The van der Waals surface area contributed by atoms with E-state index in [1.807, 2.05) is 6.07 Å². The molecule has 0 saturated carbocycles. The van der Waals surface area contributed by atoms with Gasteiger partial charge in [0.05, 0.1) is 21.3 Å². The van der Waals surface area contributed by atoms with Gasteiger partial charge in [-0.25, -0.2) is 15.0 Å². The molecule has 0 amide bonds. The van der Waals surface area contributed by atoms with Crippen molar-refractivity contribution in [1.82, 2.24) is 19.9 Å². The molecule has 3 aromatic rings. The normalized spacial score (nSPS) is 10.8. The van der Waals surface area contributed by atoms with Gasteiger partial charge in [0.15, 0.2) is 0 Å². The number of halogens is 3. The number of benzene rings is 1. The fraction of sp³-hybridized carbons (Fsp3) is 0. The molecule has 1 aromatic carbocycles. The lowest BCUT2D eigenvalue weighted by molar-refractivity contribution is 1.15. The van der Waals surface area contributed by atoms with Gasteiger partial charge >= 0.3 is 0 Å². The monoisotopic (exact) mass is 324 g/mol. The fourth-order valence-corrected chi connectivity index (χ4v) is 2.36. The van der Waals surface area contributed by atoms with Gasteiger partial charge in [-0.15, -0.1) is 0 Å². The highest BCUT2D eigenvalue weighted by molar-refractivity contribution is 6.42. The Balaban J connectivity index is 2.24. The highest BCUT2D eigenvalue weighted by Gasteiger charge is 2.16. The average Bonchev–Trinajstić information content (AvgIpc) is 2.95. The summed E-state index contributed by atoms with van der Waals surface area (Å²) in [7, 11) is 0. The van der Waals surface area contributed by atoms with E-state index in [-0.39, 0.29) is 0 Å². The number of nitrogens with zero attached hydrogens (tertiary/aromatic N) is 3. The molecule has 0 saturated heterocycles. The van der Waals surface area contributed by atoms with Crippen LogP contribution in [0.1, 0.15) is 0 Å². The summed E-state index contributed by atoms with van der Waals surface area (Å²) >= 11 is 18.2. The van der Waals surface area contributed by atoms with Crippen molar-refractivity contribution < 1.29 is 0 Å². The van der Waals surface area contributed by atoms with Crippen LogP contribution >= 0.6 is 34.8 Å². The van der Waals surface area contributed by atoms with Crippen LogP contribution in [0.15, 0.2) is 36.9 Å². The lowest BCUT2D eigenvalue weighted by atomic mass is 10.1. The molecule has 0 spiro atoms. The predicted molar refractivity (Wildman–Crippen MR) is 80.1 cm³/mol. The van der Waals surface area contributed by atoms with Crippen molar-refractivity contribution in [2.45, 2.75) is 0 Å². The minimum Gasteiger partial charge on any atom is -0.344 e. The van der Waals surface area contributed by atoms with Crippen molar-refractivity contribution in [2.75, 3.05) is 0 Å². The zero-order valence-electron chi connectivity index (χ0n) is 9.94. The predicted octanol–water partition coefficient (Wildman–Crippen LogP) is 4.49. The quantitative estimate of drug-likeness (QED) is 0.706. The Morgan fingerprint density at radius 1 is 0.950 bits per heavy atom. The van der Waals surface area contributed by atoms with Crippen molar-refractivity contribution in [1.29, 1.82) is 0 Å². The largest absolute Gasteiger partial charge is 0.344 e. The maximum atomic E-state index is 6.17. The van der Waals surface area contributed by atoms with Crippen LogP contribution < -0.4 is 0 Å². The first kappa shape index (κ1) is 13.4. The van der Waals surface area contributed by atoms with Gasteiger partial charge in [0.25, 0.3) is 0 Å². The lowest BCUT2D eigenvalue weighted by Gasteiger charge is -2.08. The minimum absolute atomic E-state index is 0.316. The van der Waals surface area contributed by atoms with Gasteiger partial charge in [-0.2, -0.15) is 0 Å². The zero-order valence-corrected chi connectivity index (χ0v) is 12.2. The smallest absolute Gasteiger partial charge is 0.144 e. The number of imidazole rings is 1. The second-order valence-electron chi connectivity index (χ2n) is 3.95. The summed E-state index contributed by atoms with van der Waals surface area (Å²) in [6.07, 6.45) is 4.74. The second-order valence-corrected chi connectivity index (χ2v) is 5.13. The van der Waals surface area contributed by atoms with Gasteiger partial charge < -0.3 is 4.98 Å². The molecular weight excluding hydrogens is 319 g/mol. The Morgan fingerprint density at radius 2 is 1.80 bits per heavy atom. The number of hydrogen-bond donors (Lipinski definition) is 1. The molecule has 0 radical (unpaired) electrons. The van der Waals surface area contributed by atoms with Crippen LogP contribution in [0.4, 0.5) is 0 Å². The van der Waals surface area contributed by atoms with E-state index in [4.69, 9.17) is 34.8 Å². The van der Waals surface area contributed by atoms with Gasteiger partial charge in [-0.3, -0.25) is 0 Å². The van der Waals surface area contributed by atoms with E-state index in [9.17, 15) is 0 Å². The van der Waals surface area contributed by atoms with E-state index in [0.717, 1.165) is 5.56 Å². The summed E-state index contributed by atoms with van der Waals surface area (Å²) < 4.78 is 0. The summed E-state index contributed by atoms with van der Waals surface area (Å²) in [5.41, 5.74) is 2.05. The van der Waals surface area contributed by atoms with Crippen molar-refractivity contribution >= 4 is 34.8 Å². The maximum Gasteiger partial charge on any atom is 0.144 e. The third kappa shape index (κ3) is 2.38. The summed E-state index contributed by atoms with van der Waals surface area (Å²) in [6, 6.07) is 5.26. The molecule has 2 heterocycles. The highest BCUT2D eigenvalue weighted by Crippen LogP contribution is 2.35. The Hall–Kier alpha value is -1.62. The number of H-pyrrole nitrogens is 1. The molecule has 3 rings (SSSR count). The molecule has 100 valence electrons. The first-order valence-corrected chi connectivity index (χ1v) is 6.76. The molecule has 0 bridgehead atoms. The molecule has 4 nitrogen and oxygen atoms in total. The SMILES string of the molecule is Clc1ccc(-c2ncnc(Cl)c2-c2ncc[nH]2)cc1Cl. The van der Waals surface area contributed by atoms with Crippen molar-refractivity contribution in [2.24, 2.45) is 0 Å². The third-order valence-electron chi connectivity index (χ3n) is 2.73. The van der Waals surface area contributed by atoms with Gasteiger partial charge in [0.2, 0.25) is 0 Å². The van der Waals surface area contributed by atoms with Gasteiger partial charge in [-0.05, 0) is 12.1 Å². The Labute approximate surface area is 129 Å². The number of aromatic amines is 1. The van der Waals surface area contributed by atoms with E-state index in [1.165, 1.54) is 6.33 Å². The van der Waals surface area contributed by atoms with Crippen LogP contribution in [0.2, 0.25) is 15.2 Å². The van der Waals surface area contributed by atoms with Gasteiger partial charge in [0.1, 0.15) is 17.3 Å². The summed E-state index contributed by atoms with van der Waals surface area (Å²) in [5.74, 6) is 0.594. The second kappa shape index (κ2) is 5.40. The molecule has 1 N–H and O–H groups in total. The lowest BCUT2D eigenvalue weighted by Crippen LogP contribution is -1.94. The zero-order chi connectivity index (χ0) is 14.1. The van der Waals surface area contributed by atoms with Gasteiger partial charge in [-0.1, -0.05) is 40.9 Å². The molecular formula is C13H7Cl3N4. The summed E-state index contributed by atoms with van der Waals surface area (Å²) in [4.78, 5) is 15.5. The average molecular weight is 326 g/mol. The van der Waals surface area contributed by atoms with E-state index in [2.05, 4.69) is 19.9 Å². The van der Waals surface area contributed by atoms with E-state index in [0.29, 0.717) is 32.3 Å². The van der Waals surface area contributed by atoms with Crippen molar-refractivity contribution in [3.63, 3.8) is 0 Å². The van der Waals surface area contributed by atoms with Crippen LogP contribution in [0, 0.1) is 0 Å². The minimum atomic E-state index is 0.316. The number of hydrogen-bond acceptors (Lipinski definition) is 3. The van der Waals surface area contributed by atoms with E-state index in [1.54, 1.807) is 24.5 Å². The molecule has 2 aromatic heterocycles. The Kier molecular flexibility index (Phi) is 3.61. The molecule has 20 heavy (non-hydrogen) atoms. The van der Waals surface area contributed by atoms with Crippen LogP contribution in [-0.2, 0) is 0 Å². The van der Waals surface area contributed by atoms with Crippen molar-refractivity contribution in [3.05, 3.63) is 52.1 Å². The molecule has 0 aliphatic rings. The molecule has 0 atom stereocenters. The Bertz CT molecular complexity index is 756. The molecule has 0 fully saturated rings. The van der Waals surface area contributed by atoms with Crippen LogP contribution in [0.3, 0.4) is 0 Å². The molecule has 0 aliphatic carbocycles. The highest BCUT2D eigenvalue weighted by atomic mass is 35.5. The van der Waals surface area contributed by atoms with Gasteiger partial charge in [0, 0.05) is 18.0 Å². The van der Waals surface area contributed by atoms with Crippen molar-refractivity contribution in [3.8, 4) is 22.6 Å². The maximum absolute atomic E-state index is 6.17. The molecule has 0 aliphatic heterocycles. The van der Waals surface area contributed by atoms with Crippen LogP contribution in [-0.4, -0.2) is 19.9 Å². The topological polar surface area (TPSA) is 54.5 Å². The summed E-state index contributed by atoms with van der Waals surface area (Å²) in [6.45, 7) is 0. The molecule has 7 heteroatoms. The van der Waals surface area contributed by atoms with E-state index >= 15 is 0 Å². The van der Waals surface area contributed by atoms with Crippen LogP contribution in [0.5, 0.6) is 0 Å². The first-order chi connectivity index (χ1) is 9.66. The standard InChI is InChI=1S/C13H7Cl3N4/c14-8-2-1-7(5-9(8)15)11-10(12(16)20-6-19-11)13-17-3-4-18-13/h1-6H,(H,17,18). The third-order valence-corrected chi connectivity index (χ3v) is 3.75. The van der Waals surface area contributed by atoms with Crippen LogP contribution in [0.25, 0.3) is 22.6 Å². The Morgan fingerprint density at radius 3 is 2.50 bits per heavy atom. The van der Waals surface area contributed by atoms with E-state index < -0.39 is 0 Å².